The number of nitrogens with one attached hydrogen (secondary N) is 1. The van der Waals surface area contributed by atoms with Crippen LogP contribution in [0.15, 0.2) is 3.79 Å². The van der Waals surface area contributed by atoms with Crippen molar-refractivity contribution in [2.24, 2.45) is 0 Å². The molecule has 6 nitrogen and oxygen atoms in total. The molecule has 1 aromatic rings. The van der Waals surface area contributed by atoms with Crippen molar-refractivity contribution in [2.75, 3.05) is 18.5 Å². The van der Waals surface area contributed by atoms with Gasteiger partial charge in [-0.15, -0.1) is 0 Å². The number of hydrogen-bond donors (Lipinski definition) is 1. The molecule has 0 aliphatic carbocycles. The van der Waals surface area contributed by atoms with E-state index >= 15 is 0 Å². The monoisotopic (exact) mass is 348 g/mol. The van der Waals surface area contributed by atoms with Crippen LogP contribution in [0, 0.1) is 0 Å². The molecule has 8 heteroatoms. The van der Waals surface area contributed by atoms with Gasteiger partial charge in [0.25, 0.3) is 5.91 Å². The molecule has 1 aliphatic rings. The van der Waals surface area contributed by atoms with Gasteiger partial charge in [-0.1, -0.05) is 11.3 Å². The Morgan fingerprint density at radius 1 is 1.63 bits per heavy atom. The zero-order valence-corrected chi connectivity index (χ0v) is 12.7. The van der Waals surface area contributed by atoms with Crippen molar-refractivity contribution < 1.29 is 19.1 Å². The highest BCUT2D eigenvalue weighted by Crippen LogP contribution is 2.29. The molecule has 1 aromatic heterocycles. The number of anilines is 1. The van der Waals surface area contributed by atoms with Crippen molar-refractivity contribution in [2.45, 2.75) is 25.9 Å². The van der Waals surface area contributed by atoms with Gasteiger partial charge in [-0.3, -0.25) is 10.1 Å². The van der Waals surface area contributed by atoms with Crippen LogP contribution in [0.4, 0.5) is 5.13 Å². The smallest absolute Gasteiger partial charge is 0.359 e. The third kappa shape index (κ3) is 3.52. The summed E-state index contributed by atoms with van der Waals surface area (Å²) in [6.07, 6.45) is 1.17. The number of amides is 1. The second-order valence-corrected chi connectivity index (χ2v) is 6.17. The zero-order valence-electron chi connectivity index (χ0n) is 10.3. The Labute approximate surface area is 122 Å². The number of ether oxygens (including phenoxy) is 2. The normalized spacial score (nSPS) is 18.3. The molecule has 0 radical (unpaired) electrons. The van der Waals surface area contributed by atoms with E-state index in [0.29, 0.717) is 21.9 Å². The number of nitrogens with zero attached hydrogens (tertiary/aromatic N) is 1. The fourth-order valence-corrected chi connectivity index (χ4v) is 3.05. The predicted octanol–water partition coefficient (Wildman–Crippen LogP) is 2.20. The number of esters is 1. The molecular weight excluding hydrogens is 336 g/mol. The Kier molecular flexibility index (Phi) is 4.89. The SMILES string of the molecule is CCOC(=O)c1nc(NC(=O)C2CCCO2)sc1Br. The van der Waals surface area contributed by atoms with Crippen LogP contribution in [0.2, 0.25) is 0 Å². The number of carbonyl (C=O) groups is 2. The zero-order chi connectivity index (χ0) is 13.8. The minimum absolute atomic E-state index is 0.175. The minimum Gasteiger partial charge on any atom is -0.461 e. The molecule has 2 heterocycles. The quantitative estimate of drug-likeness (QED) is 0.844. The fraction of sp³-hybridized carbons (Fsp3) is 0.545. The highest BCUT2D eigenvalue weighted by atomic mass is 79.9. The fourth-order valence-electron chi connectivity index (χ4n) is 1.65. The number of hydrogen-bond acceptors (Lipinski definition) is 6. The third-order valence-electron chi connectivity index (χ3n) is 2.51. The van der Waals surface area contributed by atoms with Gasteiger partial charge in [0.1, 0.15) is 9.89 Å². The second kappa shape index (κ2) is 6.44. The summed E-state index contributed by atoms with van der Waals surface area (Å²) >= 11 is 4.41. The molecule has 0 bridgehead atoms. The first-order valence-corrected chi connectivity index (χ1v) is 7.48. The number of aromatic nitrogens is 1. The molecule has 1 fully saturated rings. The molecule has 1 unspecified atom stereocenters. The lowest BCUT2D eigenvalue weighted by Crippen LogP contribution is -2.26. The molecule has 1 saturated heterocycles. The van der Waals surface area contributed by atoms with Crippen molar-refractivity contribution in [1.82, 2.24) is 4.98 Å². The number of halogens is 1. The summed E-state index contributed by atoms with van der Waals surface area (Å²) in [5.74, 6) is -0.739. The maximum Gasteiger partial charge on any atom is 0.359 e. The van der Waals surface area contributed by atoms with E-state index in [1.54, 1.807) is 6.92 Å². The molecule has 2 rings (SSSR count). The molecule has 1 N–H and O–H groups in total. The number of carbonyl (C=O) groups excluding carboxylic acids is 2. The lowest BCUT2D eigenvalue weighted by atomic mass is 10.2. The summed E-state index contributed by atoms with van der Waals surface area (Å²) in [5.41, 5.74) is 0.175. The summed E-state index contributed by atoms with van der Waals surface area (Å²) in [6, 6.07) is 0. The van der Waals surface area contributed by atoms with Gasteiger partial charge >= 0.3 is 5.97 Å². The van der Waals surface area contributed by atoms with Crippen LogP contribution >= 0.6 is 27.3 Å². The van der Waals surface area contributed by atoms with Crippen LogP contribution in [0.1, 0.15) is 30.3 Å². The Morgan fingerprint density at radius 2 is 2.42 bits per heavy atom. The molecule has 0 saturated carbocycles. The second-order valence-electron chi connectivity index (χ2n) is 3.85. The van der Waals surface area contributed by atoms with Gasteiger partial charge in [0.2, 0.25) is 0 Å². The van der Waals surface area contributed by atoms with Crippen LogP contribution in [0.5, 0.6) is 0 Å². The van der Waals surface area contributed by atoms with Crippen LogP contribution in [-0.4, -0.2) is 36.2 Å². The number of thiazole rings is 1. The average Bonchev–Trinajstić information content (AvgIpc) is 2.99. The van der Waals surface area contributed by atoms with Gasteiger partial charge in [-0.05, 0) is 35.7 Å². The van der Waals surface area contributed by atoms with Gasteiger partial charge in [0.05, 0.1) is 6.61 Å². The Bertz CT molecular complexity index is 485. The Hall–Kier alpha value is -0.990. The van der Waals surface area contributed by atoms with E-state index in [1.165, 1.54) is 11.3 Å². The summed E-state index contributed by atoms with van der Waals surface area (Å²) in [4.78, 5) is 27.5. The van der Waals surface area contributed by atoms with Gasteiger partial charge in [-0.2, -0.15) is 0 Å². The van der Waals surface area contributed by atoms with Crippen LogP contribution in [-0.2, 0) is 14.3 Å². The molecule has 1 aliphatic heterocycles. The van der Waals surface area contributed by atoms with E-state index in [4.69, 9.17) is 9.47 Å². The van der Waals surface area contributed by atoms with Gasteiger partial charge in [0.15, 0.2) is 10.8 Å². The van der Waals surface area contributed by atoms with Crippen LogP contribution < -0.4 is 5.32 Å². The predicted molar refractivity (Wildman–Crippen MR) is 73.4 cm³/mol. The Morgan fingerprint density at radius 3 is 3.05 bits per heavy atom. The first-order valence-electron chi connectivity index (χ1n) is 5.87. The average molecular weight is 349 g/mol. The Balaban J connectivity index is 2.03. The first kappa shape index (κ1) is 14.4. The summed E-state index contributed by atoms with van der Waals surface area (Å²) in [7, 11) is 0. The molecule has 104 valence electrons. The minimum atomic E-state index is -0.511. The van der Waals surface area contributed by atoms with E-state index in [-0.39, 0.29) is 18.2 Å². The highest BCUT2D eigenvalue weighted by molar-refractivity contribution is 9.11. The molecule has 0 spiro atoms. The molecular formula is C11H13BrN2O4S. The largest absolute Gasteiger partial charge is 0.461 e. The van der Waals surface area contributed by atoms with Crippen LogP contribution in [0.25, 0.3) is 0 Å². The first-order chi connectivity index (χ1) is 9.11. The lowest BCUT2D eigenvalue weighted by molar-refractivity contribution is -0.124. The standard InChI is InChI=1S/C11H13BrN2O4S/c1-2-17-10(16)7-8(12)19-11(13-7)14-9(15)6-4-3-5-18-6/h6H,2-5H2,1H3,(H,13,14,15). The van der Waals surface area contributed by atoms with Crippen molar-refractivity contribution >= 4 is 44.3 Å². The van der Waals surface area contributed by atoms with Gasteiger partial charge in [-0.25, -0.2) is 9.78 Å². The number of rotatable bonds is 4. The third-order valence-corrected chi connectivity index (χ3v) is 4.13. The van der Waals surface area contributed by atoms with Crippen molar-refractivity contribution in [3.63, 3.8) is 0 Å². The lowest BCUT2D eigenvalue weighted by Gasteiger charge is -2.07. The molecule has 1 atom stereocenters. The van der Waals surface area contributed by atoms with Gasteiger partial charge < -0.3 is 9.47 Å². The molecule has 19 heavy (non-hydrogen) atoms. The molecule has 1 amide bonds. The van der Waals surface area contributed by atoms with Crippen LogP contribution in [0.3, 0.4) is 0 Å². The van der Waals surface area contributed by atoms with E-state index < -0.39 is 12.1 Å². The topological polar surface area (TPSA) is 77.5 Å². The van der Waals surface area contributed by atoms with E-state index in [1.807, 2.05) is 0 Å². The van der Waals surface area contributed by atoms with Crippen molar-refractivity contribution in [3.05, 3.63) is 9.48 Å². The van der Waals surface area contributed by atoms with E-state index in [2.05, 4.69) is 26.2 Å². The summed E-state index contributed by atoms with van der Waals surface area (Å²) < 4.78 is 10.7. The maximum absolute atomic E-state index is 11.8. The summed E-state index contributed by atoms with van der Waals surface area (Å²) in [6.45, 7) is 2.60. The van der Waals surface area contributed by atoms with E-state index in [9.17, 15) is 9.59 Å². The summed E-state index contributed by atoms with van der Waals surface area (Å²) in [5, 5.41) is 3.00. The highest BCUT2D eigenvalue weighted by Gasteiger charge is 2.25. The maximum atomic E-state index is 11.8. The van der Waals surface area contributed by atoms with E-state index in [0.717, 1.165) is 6.42 Å². The van der Waals surface area contributed by atoms with Gasteiger partial charge in [0, 0.05) is 6.61 Å². The van der Waals surface area contributed by atoms with Crippen molar-refractivity contribution in [3.8, 4) is 0 Å². The molecule has 0 aromatic carbocycles. The van der Waals surface area contributed by atoms with Crippen molar-refractivity contribution in [1.29, 1.82) is 0 Å².